The fourth-order valence-corrected chi connectivity index (χ4v) is 4.50. The molecular weight excluding hydrogens is 454 g/mol. The van der Waals surface area contributed by atoms with Gasteiger partial charge in [0.05, 0.1) is 11.7 Å². The molecule has 0 spiro atoms. The van der Waals surface area contributed by atoms with Crippen molar-refractivity contribution >= 4 is 17.5 Å². The van der Waals surface area contributed by atoms with Gasteiger partial charge in [0.1, 0.15) is 5.82 Å². The Morgan fingerprint density at radius 1 is 0.939 bits per heavy atom. The molecular formula is C22H18F6N2O3. The largest absolute Gasteiger partial charge is 0.393 e. The quantitative estimate of drug-likeness (QED) is 0.520. The van der Waals surface area contributed by atoms with Crippen LogP contribution in [0.2, 0.25) is 0 Å². The van der Waals surface area contributed by atoms with E-state index in [-0.39, 0.29) is 12.8 Å². The summed E-state index contributed by atoms with van der Waals surface area (Å²) in [6.45, 7) is 0. The lowest BCUT2D eigenvalue weighted by Crippen LogP contribution is -2.53. The first-order valence-corrected chi connectivity index (χ1v) is 10.1. The van der Waals surface area contributed by atoms with Gasteiger partial charge in [0.15, 0.2) is 17.5 Å². The van der Waals surface area contributed by atoms with Crippen molar-refractivity contribution in [3.8, 4) is 0 Å². The molecule has 3 atom stereocenters. The van der Waals surface area contributed by atoms with Crippen molar-refractivity contribution in [3.05, 3.63) is 64.7 Å². The Kier molecular flexibility index (Phi) is 5.85. The maximum absolute atomic E-state index is 15.1. The summed E-state index contributed by atoms with van der Waals surface area (Å²) in [7, 11) is 0. The number of rotatable bonds is 4. The minimum absolute atomic E-state index is 0.147. The van der Waals surface area contributed by atoms with Gasteiger partial charge in [-0.05, 0) is 43.9 Å². The minimum Gasteiger partial charge on any atom is -0.393 e. The van der Waals surface area contributed by atoms with E-state index >= 15 is 8.78 Å². The third-order valence-electron chi connectivity index (χ3n) is 6.02. The molecule has 2 aromatic rings. The van der Waals surface area contributed by atoms with Crippen LogP contribution in [0.4, 0.5) is 32.0 Å². The smallest absolute Gasteiger partial charge is 0.352 e. The first-order chi connectivity index (χ1) is 15.5. The fourth-order valence-electron chi connectivity index (χ4n) is 4.50. The molecule has 2 aromatic carbocycles. The predicted octanol–water partition coefficient (Wildman–Crippen LogP) is 4.10. The van der Waals surface area contributed by atoms with Crippen LogP contribution >= 0.6 is 0 Å². The van der Waals surface area contributed by atoms with E-state index in [0.29, 0.717) is 37.1 Å². The van der Waals surface area contributed by atoms with Gasteiger partial charge >= 0.3 is 5.92 Å². The van der Waals surface area contributed by atoms with E-state index in [9.17, 15) is 32.3 Å². The Balaban J connectivity index is 1.60. The lowest BCUT2D eigenvalue weighted by Gasteiger charge is -2.39. The second-order valence-corrected chi connectivity index (χ2v) is 8.20. The van der Waals surface area contributed by atoms with Crippen LogP contribution in [-0.2, 0) is 10.7 Å². The van der Waals surface area contributed by atoms with Gasteiger partial charge in [-0.25, -0.2) is 17.6 Å². The number of hydrogen-bond acceptors (Lipinski definition) is 3. The zero-order valence-corrected chi connectivity index (χ0v) is 16.9. The Morgan fingerprint density at radius 3 is 2.09 bits per heavy atom. The standard InChI is InChI=1S/C22H18F6N2O3/c23-16-4-1-10(20(32)29-11-6-17(24)19(26)18(25)7-11)5-15(16)22(27,28)21(33)30-12-2-3-13(30)9-14(31)8-12/h1,4-7,12-14,31H,2-3,8-9H2,(H,29,32)/t12-,13+,14+. The Hall–Kier alpha value is -3.08. The topological polar surface area (TPSA) is 69.6 Å². The zero-order chi connectivity index (χ0) is 24.1. The monoisotopic (exact) mass is 472 g/mol. The summed E-state index contributed by atoms with van der Waals surface area (Å²) in [6, 6.07) is 1.71. The van der Waals surface area contributed by atoms with Crippen LogP contribution in [0, 0.1) is 23.3 Å². The number of halogens is 6. The molecule has 5 nitrogen and oxygen atoms in total. The van der Waals surface area contributed by atoms with Gasteiger partial charge in [-0.2, -0.15) is 8.78 Å². The van der Waals surface area contributed by atoms with E-state index in [1.54, 1.807) is 0 Å². The molecule has 0 unspecified atom stereocenters. The first kappa shape index (κ1) is 23.1. The molecule has 2 aliphatic rings. The molecule has 33 heavy (non-hydrogen) atoms. The Labute approximate surface area is 184 Å². The Morgan fingerprint density at radius 2 is 1.52 bits per heavy atom. The summed E-state index contributed by atoms with van der Waals surface area (Å²) in [4.78, 5) is 26.1. The van der Waals surface area contributed by atoms with Gasteiger partial charge in [-0.1, -0.05) is 0 Å². The van der Waals surface area contributed by atoms with Crippen molar-refractivity contribution in [1.82, 2.24) is 4.90 Å². The number of piperidine rings is 1. The van der Waals surface area contributed by atoms with Crippen molar-refractivity contribution in [2.24, 2.45) is 0 Å². The minimum atomic E-state index is -4.31. The maximum Gasteiger partial charge on any atom is 0.352 e. The summed E-state index contributed by atoms with van der Waals surface area (Å²) in [5.74, 6) is -13.4. The average Bonchev–Trinajstić information content (AvgIpc) is 3.02. The van der Waals surface area contributed by atoms with E-state index < -0.39 is 76.0 Å². The van der Waals surface area contributed by atoms with Gasteiger partial charge in [0, 0.05) is 35.5 Å². The van der Waals surface area contributed by atoms with E-state index in [1.165, 1.54) is 0 Å². The number of aliphatic hydroxyl groups excluding tert-OH is 1. The highest BCUT2D eigenvalue weighted by Gasteiger charge is 2.53. The van der Waals surface area contributed by atoms with Crippen molar-refractivity contribution in [2.75, 3.05) is 5.32 Å². The second-order valence-electron chi connectivity index (χ2n) is 8.20. The molecule has 2 bridgehead atoms. The molecule has 4 rings (SSSR count). The van der Waals surface area contributed by atoms with Crippen LogP contribution in [0.3, 0.4) is 0 Å². The van der Waals surface area contributed by atoms with Crippen LogP contribution in [0.1, 0.15) is 41.6 Å². The Bertz CT molecular complexity index is 1090. The number of carbonyl (C=O) groups excluding carboxylic acids is 2. The van der Waals surface area contributed by atoms with Gasteiger partial charge in [0.25, 0.3) is 11.8 Å². The number of alkyl halides is 2. The third-order valence-corrected chi connectivity index (χ3v) is 6.02. The average molecular weight is 472 g/mol. The molecule has 0 aromatic heterocycles. The van der Waals surface area contributed by atoms with Crippen LogP contribution in [0.25, 0.3) is 0 Å². The lowest BCUT2D eigenvalue weighted by molar-refractivity contribution is -0.166. The van der Waals surface area contributed by atoms with E-state index in [4.69, 9.17) is 0 Å². The van der Waals surface area contributed by atoms with Crippen LogP contribution in [0.15, 0.2) is 30.3 Å². The molecule has 0 saturated carbocycles. The van der Waals surface area contributed by atoms with Crippen molar-refractivity contribution in [3.63, 3.8) is 0 Å². The maximum atomic E-state index is 15.1. The zero-order valence-electron chi connectivity index (χ0n) is 16.9. The lowest BCUT2D eigenvalue weighted by atomic mass is 9.96. The van der Waals surface area contributed by atoms with E-state index in [2.05, 4.69) is 0 Å². The molecule has 2 fully saturated rings. The number of nitrogens with zero attached hydrogens (tertiary/aromatic N) is 1. The molecule has 176 valence electrons. The molecule has 2 aliphatic heterocycles. The van der Waals surface area contributed by atoms with Gasteiger partial charge in [-0.3, -0.25) is 9.59 Å². The molecule has 2 amide bonds. The summed E-state index contributed by atoms with van der Waals surface area (Å²) in [5.41, 5.74) is -2.34. The van der Waals surface area contributed by atoms with Crippen molar-refractivity contribution < 1.29 is 41.0 Å². The number of amides is 2. The third kappa shape index (κ3) is 4.17. The molecule has 0 aliphatic carbocycles. The highest BCUT2D eigenvalue weighted by Crippen LogP contribution is 2.41. The number of aliphatic hydroxyl groups is 1. The number of benzene rings is 2. The van der Waals surface area contributed by atoms with Crippen LogP contribution in [-0.4, -0.2) is 40.0 Å². The van der Waals surface area contributed by atoms with Gasteiger partial charge in [-0.15, -0.1) is 0 Å². The number of hydrogen-bond donors (Lipinski definition) is 2. The molecule has 11 heteroatoms. The summed E-state index contributed by atoms with van der Waals surface area (Å²) in [6.07, 6.45) is 0.478. The number of fused-ring (bicyclic) bond motifs is 2. The summed E-state index contributed by atoms with van der Waals surface area (Å²) >= 11 is 0. The second kappa shape index (κ2) is 8.36. The predicted molar refractivity (Wildman–Crippen MR) is 103 cm³/mol. The van der Waals surface area contributed by atoms with Crippen molar-refractivity contribution in [1.29, 1.82) is 0 Å². The van der Waals surface area contributed by atoms with Crippen LogP contribution < -0.4 is 5.32 Å². The number of anilines is 1. The van der Waals surface area contributed by atoms with E-state index in [0.717, 1.165) is 11.0 Å². The van der Waals surface area contributed by atoms with Gasteiger partial charge < -0.3 is 15.3 Å². The van der Waals surface area contributed by atoms with Crippen molar-refractivity contribution in [2.45, 2.75) is 49.8 Å². The summed E-state index contributed by atoms with van der Waals surface area (Å²) in [5, 5.41) is 11.8. The number of nitrogens with one attached hydrogen (secondary N) is 1. The number of carbonyl (C=O) groups is 2. The molecule has 0 radical (unpaired) electrons. The highest BCUT2D eigenvalue weighted by atomic mass is 19.3. The molecule has 2 saturated heterocycles. The van der Waals surface area contributed by atoms with Gasteiger partial charge in [0.2, 0.25) is 0 Å². The van der Waals surface area contributed by atoms with Crippen LogP contribution in [0.5, 0.6) is 0 Å². The molecule has 2 heterocycles. The van der Waals surface area contributed by atoms with E-state index in [1.807, 2.05) is 5.32 Å². The summed E-state index contributed by atoms with van der Waals surface area (Å²) < 4.78 is 84.4. The SMILES string of the molecule is O=C(Nc1cc(F)c(F)c(F)c1)c1ccc(F)c(C(F)(F)C(=O)N2[C@@H]3CC[C@H]2C[C@@H](O)C3)c1. The highest BCUT2D eigenvalue weighted by molar-refractivity contribution is 6.04. The molecule has 2 N–H and O–H groups in total. The fraction of sp³-hybridized carbons (Fsp3) is 0.364. The normalized spacial score (nSPS) is 22.4. The first-order valence-electron chi connectivity index (χ1n) is 10.1.